The Hall–Kier alpha value is -4.78. The number of allylic oxidation sites excluding steroid dienone is 1. The molecule has 2 heterocycles. The van der Waals surface area contributed by atoms with Gasteiger partial charge in [-0.05, 0) is 30.5 Å². The third-order valence-corrected chi connectivity index (χ3v) is 6.71. The minimum Gasteiger partial charge on any atom is -0.394 e. The standard InChI is InChI=1S/C27H20N2O4.C5H10O5/c30-24(19-10-4-1-5-11-19)22-16-17-28-18-23(22)27(33)29(25(31)20-12-6-2-7-13-20)26(32)21-14-8-3-9-15-21;6-1-2-3(7)4(8)5(9)10-2/h1-18,22,28H;2-9H,1H2/t;2-,3-,4-,5?/m.1/s1. The number of aliphatic hydroxyl groups is 4. The Morgan fingerprint density at radius 2 is 1.19 bits per heavy atom. The second-order valence-corrected chi connectivity index (χ2v) is 9.55. The molecule has 2 aliphatic rings. The van der Waals surface area contributed by atoms with Crippen molar-refractivity contribution in [3.05, 3.63) is 132 Å². The average molecular weight is 587 g/mol. The van der Waals surface area contributed by atoms with Gasteiger partial charge in [-0.25, -0.2) is 4.90 Å². The number of amides is 3. The zero-order valence-corrected chi connectivity index (χ0v) is 22.8. The van der Waals surface area contributed by atoms with Gasteiger partial charge in [0, 0.05) is 28.5 Å². The van der Waals surface area contributed by atoms with Gasteiger partial charge < -0.3 is 30.5 Å². The molecule has 5 rings (SSSR count). The van der Waals surface area contributed by atoms with Crippen molar-refractivity contribution < 1.29 is 44.3 Å². The van der Waals surface area contributed by atoms with Crippen LogP contribution >= 0.6 is 0 Å². The quantitative estimate of drug-likeness (QED) is 0.210. The molecule has 5 N–H and O–H groups in total. The van der Waals surface area contributed by atoms with Gasteiger partial charge in [0.25, 0.3) is 17.7 Å². The Kier molecular flexibility index (Phi) is 10.4. The molecule has 0 spiro atoms. The van der Waals surface area contributed by atoms with Crippen molar-refractivity contribution >= 4 is 23.5 Å². The lowest BCUT2D eigenvalue weighted by Crippen LogP contribution is -2.45. The Labute approximate surface area is 247 Å². The van der Waals surface area contributed by atoms with Crippen LogP contribution in [0.1, 0.15) is 31.1 Å². The molecule has 222 valence electrons. The van der Waals surface area contributed by atoms with E-state index >= 15 is 0 Å². The first-order valence-electron chi connectivity index (χ1n) is 13.3. The molecule has 0 saturated carbocycles. The number of nitrogens with zero attached hydrogens (tertiary/aromatic N) is 1. The minimum absolute atomic E-state index is 0.0000784. The average Bonchev–Trinajstić information content (AvgIpc) is 3.32. The number of nitrogens with one attached hydrogen (secondary N) is 1. The molecular weight excluding hydrogens is 556 g/mol. The number of hydrogen-bond donors (Lipinski definition) is 5. The summed E-state index contributed by atoms with van der Waals surface area (Å²) in [5, 5.41) is 37.8. The van der Waals surface area contributed by atoms with E-state index < -0.39 is 54.8 Å². The smallest absolute Gasteiger partial charge is 0.267 e. The molecule has 1 saturated heterocycles. The van der Waals surface area contributed by atoms with Crippen molar-refractivity contribution in [2.75, 3.05) is 6.61 Å². The van der Waals surface area contributed by atoms with Gasteiger partial charge >= 0.3 is 0 Å². The molecule has 2 aliphatic heterocycles. The summed E-state index contributed by atoms with van der Waals surface area (Å²) in [5.74, 6) is -3.65. The lowest BCUT2D eigenvalue weighted by Gasteiger charge is -2.25. The summed E-state index contributed by atoms with van der Waals surface area (Å²) in [6.07, 6.45) is -0.308. The summed E-state index contributed by atoms with van der Waals surface area (Å²) in [6.45, 7) is -0.407. The van der Waals surface area contributed by atoms with Crippen LogP contribution in [0.25, 0.3) is 0 Å². The predicted octanol–water partition coefficient (Wildman–Crippen LogP) is 1.41. The van der Waals surface area contributed by atoms with Gasteiger partial charge in [0.15, 0.2) is 12.1 Å². The number of benzene rings is 3. The Balaban J connectivity index is 0.000000359. The number of carbonyl (C=O) groups excluding carboxylic acids is 4. The van der Waals surface area contributed by atoms with Crippen LogP contribution in [0, 0.1) is 5.92 Å². The molecule has 1 fully saturated rings. The van der Waals surface area contributed by atoms with Crippen molar-refractivity contribution in [2.24, 2.45) is 5.92 Å². The normalized spacial score (nSPS) is 22.3. The fourth-order valence-corrected chi connectivity index (χ4v) is 4.39. The number of ketones is 1. The Morgan fingerprint density at radius 3 is 1.60 bits per heavy atom. The number of dihydropyridines is 1. The van der Waals surface area contributed by atoms with E-state index in [9.17, 15) is 19.2 Å². The van der Waals surface area contributed by atoms with Crippen LogP contribution in [0.3, 0.4) is 0 Å². The third-order valence-electron chi connectivity index (χ3n) is 6.71. The highest BCUT2D eigenvalue weighted by Crippen LogP contribution is 2.25. The molecule has 0 radical (unpaired) electrons. The number of rotatable bonds is 6. The first kappa shape index (κ1) is 31.2. The lowest BCUT2D eigenvalue weighted by molar-refractivity contribution is -0.132. The van der Waals surface area contributed by atoms with Crippen LogP contribution in [-0.2, 0) is 9.53 Å². The zero-order chi connectivity index (χ0) is 30.9. The number of hydrogen-bond acceptors (Lipinski definition) is 10. The van der Waals surface area contributed by atoms with Crippen molar-refractivity contribution in [2.45, 2.75) is 24.6 Å². The predicted molar refractivity (Wildman–Crippen MR) is 153 cm³/mol. The fourth-order valence-electron chi connectivity index (χ4n) is 4.39. The molecule has 11 nitrogen and oxygen atoms in total. The molecule has 3 aromatic carbocycles. The topological polar surface area (TPSA) is 174 Å². The summed E-state index contributed by atoms with van der Waals surface area (Å²) in [6, 6.07) is 24.7. The van der Waals surface area contributed by atoms with E-state index in [0.29, 0.717) is 10.5 Å². The van der Waals surface area contributed by atoms with E-state index in [1.54, 1.807) is 79.0 Å². The second kappa shape index (κ2) is 14.4. The van der Waals surface area contributed by atoms with E-state index in [-0.39, 0.29) is 22.5 Å². The highest BCUT2D eigenvalue weighted by Gasteiger charge is 2.41. The molecular formula is C32H30N2O9. The van der Waals surface area contributed by atoms with Gasteiger partial charge in [-0.3, -0.25) is 19.2 Å². The van der Waals surface area contributed by atoms with Crippen LogP contribution in [-0.4, -0.2) is 80.0 Å². The van der Waals surface area contributed by atoms with Gasteiger partial charge in [-0.1, -0.05) is 72.8 Å². The van der Waals surface area contributed by atoms with Gasteiger partial charge in [-0.2, -0.15) is 0 Å². The monoisotopic (exact) mass is 586 g/mol. The SMILES string of the molecule is O=C(c1ccccc1)C1C=CNC=C1C(=O)N(C(=O)c1ccccc1)C(=O)c1ccccc1.OC[C@H]1OC(O)[C@H](O)[C@@H]1O. The number of aliphatic hydroxyl groups excluding tert-OH is 4. The van der Waals surface area contributed by atoms with Crippen LogP contribution in [0.4, 0.5) is 0 Å². The van der Waals surface area contributed by atoms with Crippen LogP contribution in [0.15, 0.2) is 115 Å². The number of Topliss-reactive ketones (excluding diaryl/α,β-unsaturated/α-hetero) is 1. The second-order valence-electron chi connectivity index (χ2n) is 9.55. The number of carbonyl (C=O) groups is 4. The van der Waals surface area contributed by atoms with Crippen LogP contribution in [0.2, 0.25) is 0 Å². The van der Waals surface area contributed by atoms with Crippen molar-refractivity contribution in [1.82, 2.24) is 10.2 Å². The van der Waals surface area contributed by atoms with Gasteiger partial charge in [0.1, 0.15) is 18.3 Å². The number of imide groups is 3. The fraction of sp³-hybridized carbons (Fsp3) is 0.188. The largest absolute Gasteiger partial charge is 0.394 e. The summed E-state index contributed by atoms with van der Waals surface area (Å²) >= 11 is 0. The molecule has 0 aromatic heterocycles. The third kappa shape index (κ3) is 7.17. The molecule has 3 amide bonds. The molecule has 43 heavy (non-hydrogen) atoms. The first-order valence-corrected chi connectivity index (χ1v) is 13.3. The summed E-state index contributed by atoms with van der Waals surface area (Å²) in [7, 11) is 0. The van der Waals surface area contributed by atoms with Gasteiger partial charge in [0.2, 0.25) is 0 Å². The van der Waals surface area contributed by atoms with E-state index in [1.165, 1.54) is 30.5 Å². The highest BCUT2D eigenvalue weighted by atomic mass is 16.6. The maximum Gasteiger partial charge on any atom is 0.267 e. The maximum absolute atomic E-state index is 13.7. The van der Waals surface area contributed by atoms with Crippen molar-refractivity contribution in [1.29, 1.82) is 0 Å². The zero-order valence-electron chi connectivity index (χ0n) is 22.8. The molecule has 5 atom stereocenters. The van der Waals surface area contributed by atoms with Crippen LogP contribution in [0.5, 0.6) is 0 Å². The summed E-state index contributed by atoms with van der Waals surface area (Å²) < 4.78 is 4.54. The van der Waals surface area contributed by atoms with E-state index in [2.05, 4.69) is 10.1 Å². The highest BCUT2D eigenvalue weighted by molar-refractivity contribution is 6.25. The summed E-state index contributed by atoms with van der Waals surface area (Å²) in [4.78, 5) is 54.1. The van der Waals surface area contributed by atoms with Gasteiger partial charge in [0.05, 0.1) is 12.5 Å². The molecule has 11 heteroatoms. The molecule has 3 aromatic rings. The van der Waals surface area contributed by atoms with Crippen LogP contribution < -0.4 is 5.32 Å². The van der Waals surface area contributed by atoms with E-state index in [0.717, 1.165) is 0 Å². The summed E-state index contributed by atoms with van der Waals surface area (Å²) in [5.41, 5.74) is 0.782. The minimum atomic E-state index is -1.38. The molecule has 0 aliphatic carbocycles. The Morgan fingerprint density at radius 1 is 0.698 bits per heavy atom. The molecule has 2 unspecified atom stereocenters. The van der Waals surface area contributed by atoms with E-state index in [1.807, 2.05) is 0 Å². The molecule has 0 bridgehead atoms. The maximum atomic E-state index is 13.7. The first-order chi connectivity index (χ1) is 20.7. The number of ether oxygens (including phenoxy) is 1. The van der Waals surface area contributed by atoms with Crippen molar-refractivity contribution in [3.8, 4) is 0 Å². The lowest BCUT2D eigenvalue weighted by atomic mass is 9.88. The van der Waals surface area contributed by atoms with Crippen molar-refractivity contribution in [3.63, 3.8) is 0 Å². The Bertz CT molecular complexity index is 1440. The van der Waals surface area contributed by atoms with Gasteiger partial charge in [-0.15, -0.1) is 0 Å². The van der Waals surface area contributed by atoms with E-state index in [4.69, 9.17) is 20.4 Å².